The Morgan fingerprint density at radius 1 is 1.27 bits per heavy atom. The Hall–Kier alpha value is -1.51. The Kier molecular flexibility index (Phi) is 7.99. The van der Waals surface area contributed by atoms with Crippen LogP contribution in [-0.2, 0) is 4.74 Å². The summed E-state index contributed by atoms with van der Waals surface area (Å²) in [7, 11) is 3.24. The zero-order valence-electron chi connectivity index (χ0n) is 15.5. The van der Waals surface area contributed by atoms with Crippen LogP contribution in [-0.4, -0.2) is 56.8 Å². The lowest BCUT2D eigenvalue weighted by Gasteiger charge is -2.32. The van der Waals surface area contributed by atoms with E-state index < -0.39 is 0 Å². The molecule has 1 aromatic carbocycles. The number of benzene rings is 1. The second-order valence-electron chi connectivity index (χ2n) is 6.84. The molecule has 2 fully saturated rings. The molecule has 1 amide bonds. The third-order valence-electron chi connectivity index (χ3n) is 5.17. The molecule has 1 aliphatic heterocycles. The number of amides is 1. The molecule has 7 heteroatoms. The lowest BCUT2D eigenvalue weighted by Crippen LogP contribution is -2.50. The molecule has 1 saturated carbocycles. The number of ether oxygens (including phenoxy) is 1. The predicted molar refractivity (Wildman–Crippen MR) is 114 cm³/mol. The maximum Gasteiger partial charge on any atom is 0.409 e. The molecule has 0 radical (unpaired) electrons. The van der Waals surface area contributed by atoms with Crippen molar-refractivity contribution < 1.29 is 9.53 Å². The van der Waals surface area contributed by atoms with E-state index in [9.17, 15) is 4.79 Å². The lowest BCUT2D eigenvalue weighted by atomic mass is 10.1. The Morgan fingerprint density at radius 2 is 1.96 bits per heavy atom. The van der Waals surface area contributed by atoms with Crippen molar-refractivity contribution in [3.05, 3.63) is 35.9 Å². The first-order valence-corrected chi connectivity index (χ1v) is 9.06. The molecular weight excluding hydrogens is 443 g/mol. The van der Waals surface area contributed by atoms with E-state index in [2.05, 4.69) is 46.0 Å². The first kappa shape index (κ1) is 20.8. The molecule has 2 unspecified atom stereocenters. The molecule has 0 aromatic heterocycles. The van der Waals surface area contributed by atoms with Crippen LogP contribution in [0.25, 0.3) is 0 Å². The van der Waals surface area contributed by atoms with E-state index in [0.717, 1.165) is 38.4 Å². The number of carbonyl (C=O) groups excluding carboxylic acids is 1. The number of aliphatic imine (C=N–C) groups is 1. The van der Waals surface area contributed by atoms with Gasteiger partial charge in [-0.2, -0.15) is 0 Å². The number of likely N-dealkylation sites (tertiary alicyclic amines) is 1. The molecule has 1 saturated heterocycles. The highest BCUT2D eigenvalue weighted by molar-refractivity contribution is 14.0. The van der Waals surface area contributed by atoms with Gasteiger partial charge in [-0.05, 0) is 36.7 Å². The van der Waals surface area contributed by atoms with Gasteiger partial charge in [-0.25, -0.2) is 4.79 Å². The maximum absolute atomic E-state index is 11.5. The van der Waals surface area contributed by atoms with Crippen LogP contribution >= 0.6 is 24.0 Å². The molecule has 2 atom stereocenters. The molecule has 2 N–H and O–H groups in total. The molecule has 2 aliphatic rings. The number of carbonyl (C=O) groups is 1. The summed E-state index contributed by atoms with van der Waals surface area (Å²) in [6.45, 7) is 2.39. The number of methoxy groups -OCH3 is 1. The van der Waals surface area contributed by atoms with Crippen molar-refractivity contribution in [3.63, 3.8) is 0 Å². The number of hydrogen-bond donors (Lipinski definition) is 2. The van der Waals surface area contributed by atoms with Crippen LogP contribution in [0.2, 0.25) is 0 Å². The number of hydrogen-bond acceptors (Lipinski definition) is 3. The summed E-state index contributed by atoms with van der Waals surface area (Å²) in [5.41, 5.74) is 1.44. The van der Waals surface area contributed by atoms with Gasteiger partial charge in [-0.1, -0.05) is 30.3 Å². The minimum atomic E-state index is -0.235. The minimum absolute atomic E-state index is 0. The molecule has 1 aromatic rings. The smallest absolute Gasteiger partial charge is 0.409 e. The zero-order chi connectivity index (χ0) is 17.6. The highest BCUT2D eigenvalue weighted by atomic mass is 127. The first-order chi connectivity index (χ1) is 12.2. The highest BCUT2D eigenvalue weighted by Crippen LogP contribution is 2.46. The van der Waals surface area contributed by atoms with Gasteiger partial charge in [-0.15, -0.1) is 24.0 Å². The summed E-state index contributed by atoms with van der Waals surface area (Å²) in [5, 5.41) is 6.94. The quantitative estimate of drug-likeness (QED) is 0.402. The average Bonchev–Trinajstić information content (AvgIpc) is 3.45. The second-order valence-corrected chi connectivity index (χ2v) is 6.84. The van der Waals surface area contributed by atoms with Crippen LogP contribution in [0.3, 0.4) is 0 Å². The third kappa shape index (κ3) is 5.49. The van der Waals surface area contributed by atoms with Crippen LogP contribution in [0.15, 0.2) is 35.3 Å². The summed E-state index contributed by atoms with van der Waals surface area (Å²) in [6.07, 6.45) is 2.82. The number of piperidine rings is 1. The normalized spacial score (nSPS) is 23.0. The van der Waals surface area contributed by atoms with Crippen molar-refractivity contribution in [3.8, 4) is 0 Å². The number of rotatable bonds is 4. The number of guanidine groups is 1. The first-order valence-electron chi connectivity index (χ1n) is 9.06. The molecular formula is C19H29IN4O2. The van der Waals surface area contributed by atoms with Crippen molar-refractivity contribution in [2.75, 3.05) is 33.8 Å². The fraction of sp³-hybridized carbons (Fsp3) is 0.579. The van der Waals surface area contributed by atoms with Gasteiger partial charge >= 0.3 is 6.09 Å². The second kappa shape index (κ2) is 9.99. The van der Waals surface area contributed by atoms with Crippen LogP contribution in [0.1, 0.15) is 30.7 Å². The Morgan fingerprint density at radius 3 is 2.58 bits per heavy atom. The predicted octanol–water partition coefficient (Wildman–Crippen LogP) is 2.80. The summed E-state index contributed by atoms with van der Waals surface area (Å²) < 4.78 is 4.78. The number of halogens is 1. The summed E-state index contributed by atoms with van der Waals surface area (Å²) in [5.74, 6) is 2.22. The molecule has 0 spiro atoms. The van der Waals surface area contributed by atoms with E-state index in [1.807, 2.05) is 0 Å². The van der Waals surface area contributed by atoms with Crippen molar-refractivity contribution in [1.82, 2.24) is 15.5 Å². The van der Waals surface area contributed by atoms with Crippen LogP contribution in [0.5, 0.6) is 0 Å². The number of nitrogens with one attached hydrogen (secondary N) is 2. The lowest BCUT2D eigenvalue weighted by molar-refractivity contribution is 0.111. The fourth-order valence-electron chi connectivity index (χ4n) is 3.53. The van der Waals surface area contributed by atoms with E-state index in [4.69, 9.17) is 4.74 Å². The van der Waals surface area contributed by atoms with Crippen molar-refractivity contribution in [1.29, 1.82) is 0 Å². The van der Waals surface area contributed by atoms with Crippen molar-refractivity contribution >= 4 is 36.0 Å². The SMILES string of the molecule is CN=C(NCC1CC1c1ccccc1)NC1CCN(C(=O)OC)CC1.I. The molecule has 1 heterocycles. The number of nitrogens with zero attached hydrogens (tertiary/aromatic N) is 2. The van der Waals surface area contributed by atoms with Gasteiger partial charge in [0.25, 0.3) is 0 Å². The summed E-state index contributed by atoms with van der Waals surface area (Å²) in [6, 6.07) is 11.1. The standard InChI is InChI=1S/C19H28N4O2.HI/c1-20-18(22-16-8-10-23(11-9-16)19(24)25-2)21-13-15-12-17(15)14-6-4-3-5-7-14;/h3-7,15-17H,8-13H2,1-2H3,(H2,20,21,22);1H. The van der Waals surface area contributed by atoms with Gasteiger partial charge in [0, 0.05) is 32.7 Å². The summed E-state index contributed by atoms with van der Waals surface area (Å²) >= 11 is 0. The molecule has 1 aliphatic carbocycles. The third-order valence-corrected chi connectivity index (χ3v) is 5.17. The average molecular weight is 472 g/mol. The van der Waals surface area contributed by atoms with Crippen molar-refractivity contribution in [2.24, 2.45) is 10.9 Å². The topological polar surface area (TPSA) is 66.0 Å². The highest BCUT2D eigenvalue weighted by Gasteiger charge is 2.38. The van der Waals surface area contributed by atoms with E-state index in [1.54, 1.807) is 11.9 Å². The largest absolute Gasteiger partial charge is 0.453 e. The molecule has 26 heavy (non-hydrogen) atoms. The van der Waals surface area contributed by atoms with Crippen LogP contribution in [0, 0.1) is 5.92 Å². The van der Waals surface area contributed by atoms with Gasteiger partial charge in [0.2, 0.25) is 0 Å². The van der Waals surface area contributed by atoms with E-state index >= 15 is 0 Å². The van der Waals surface area contributed by atoms with Gasteiger partial charge in [0.15, 0.2) is 5.96 Å². The van der Waals surface area contributed by atoms with E-state index in [0.29, 0.717) is 17.9 Å². The van der Waals surface area contributed by atoms with Gasteiger partial charge in [0.05, 0.1) is 7.11 Å². The van der Waals surface area contributed by atoms with E-state index in [-0.39, 0.29) is 30.1 Å². The Bertz CT molecular complexity index is 603. The molecule has 3 rings (SSSR count). The van der Waals surface area contributed by atoms with Crippen LogP contribution < -0.4 is 10.6 Å². The molecule has 144 valence electrons. The monoisotopic (exact) mass is 472 g/mol. The molecule has 0 bridgehead atoms. The van der Waals surface area contributed by atoms with Gasteiger partial charge < -0.3 is 20.3 Å². The zero-order valence-corrected chi connectivity index (χ0v) is 17.8. The minimum Gasteiger partial charge on any atom is -0.453 e. The van der Waals surface area contributed by atoms with E-state index in [1.165, 1.54) is 19.1 Å². The summed E-state index contributed by atoms with van der Waals surface area (Å²) in [4.78, 5) is 17.6. The van der Waals surface area contributed by atoms with Gasteiger partial charge in [-0.3, -0.25) is 4.99 Å². The van der Waals surface area contributed by atoms with Crippen molar-refractivity contribution in [2.45, 2.75) is 31.2 Å². The Labute approximate surface area is 172 Å². The maximum atomic E-state index is 11.5. The fourth-order valence-corrected chi connectivity index (χ4v) is 3.53. The van der Waals surface area contributed by atoms with Crippen LogP contribution in [0.4, 0.5) is 4.79 Å². The Balaban J connectivity index is 0.00000243. The van der Waals surface area contributed by atoms with Gasteiger partial charge in [0.1, 0.15) is 0 Å². The molecule has 6 nitrogen and oxygen atoms in total.